The Morgan fingerprint density at radius 3 is 2.52 bits per heavy atom. The van der Waals surface area contributed by atoms with E-state index in [4.69, 9.17) is 11.6 Å². The molecule has 21 heavy (non-hydrogen) atoms. The summed E-state index contributed by atoms with van der Waals surface area (Å²) in [4.78, 5) is 13.8. The first-order chi connectivity index (χ1) is 9.97. The summed E-state index contributed by atoms with van der Waals surface area (Å²) in [6.07, 6.45) is 0. The van der Waals surface area contributed by atoms with Crippen LogP contribution in [-0.4, -0.2) is 18.0 Å². The van der Waals surface area contributed by atoms with Crippen LogP contribution in [0.25, 0.3) is 0 Å². The maximum absolute atomic E-state index is 12.2. The molecule has 0 radical (unpaired) electrons. The van der Waals surface area contributed by atoms with Crippen LogP contribution < -0.4 is 5.32 Å². The van der Waals surface area contributed by atoms with Crippen LogP contribution in [0.2, 0.25) is 5.02 Å². The van der Waals surface area contributed by atoms with Crippen molar-refractivity contribution in [3.8, 4) is 0 Å². The number of hydrogen-bond acceptors (Lipinski definition) is 1. The summed E-state index contributed by atoms with van der Waals surface area (Å²) in [6.45, 7) is 4.54. The highest BCUT2D eigenvalue weighted by Gasteiger charge is 2.11. The molecule has 110 valence electrons. The number of carbonyl (C=O) groups excluding carboxylic acids is 1. The summed E-state index contributed by atoms with van der Waals surface area (Å²) < 4.78 is 0. The average molecular weight is 303 g/mol. The van der Waals surface area contributed by atoms with E-state index in [9.17, 15) is 4.79 Å². The third-order valence-corrected chi connectivity index (χ3v) is 3.85. The summed E-state index contributed by atoms with van der Waals surface area (Å²) in [6, 6.07) is 13.4. The first-order valence-corrected chi connectivity index (χ1v) is 7.18. The molecule has 0 spiro atoms. The van der Waals surface area contributed by atoms with Crippen LogP contribution in [0.4, 0.5) is 10.5 Å². The standard InChI is InChI=1S/C17H19ClN2O/c1-12-6-4-5-7-14(12)11-20(3)17(21)19-15-9-8-13(2)16(18)10-15/h4-10H,11H2,1-3H3,(H,19,21). The molecule has 2 aromatic rings. The molecule has 0 atom stereocenters. The predicted molar refractivity (Wildman–Crippen MR) is 87.9 cm³/mol. The first kappa shape index (κ1) is 15.4. The number of benzene rings is 2. The van der Waals surface area contributed by atoms with Gasteiger partial charge in [-0.1, -0.05) is 41.9 Å². The van der Waals surface area contributed by atoms with Crippen molar-refractivity contribution < 1.29 is 4.79 Å². The highest BCUT2D eigenvalue weighted by atomic mass is 35.5. The second-order valence-corrected chi connectivity index (χ2v) is 5.58. The number of carbonyl (C=O) groups is 1. The minimum atomic E-state index is -0.154. The number of nitrogens with one attached hydrogen (secondary N) is 1. The minimum Gasteiger partial charge on any atom is -0.323 e. The Balaban J connectivity index is 2.02. The Kier molecular flexibility index (Phi) is 4.86. The topological polar surface area (TPSA) is 32.3 Å². The predicted octanol–water partition coefficient (Wildman–Crippen LogP) is 4.62. The highest BCUT2D eigenvalue weighted by Crippen LogP contribution is 2.20. The number of rotatable bonds is 3. The molecule has 0 aliphatic carbocycles. The van der Waals surface area contributed by atoms with E-state index in [-0.39, 0.29) is 6.03 Å². The van der Waals surface area contributed by atoms with Crippen LogP contribution in [0.3, 0.4) is 0 Å². The largest absolute Gasteiger partial charge is 0.323 e. The summed E-state index contributed by atoms with van der Waals surface area (Å²) in [7, 11) is 1.78. The van der Waals surface area contributed by atoms with E-state index in [2.05, 4.69) is 5.32 Å². The molecular formula is C17H19ClN2O. The molecule has 0 heterocycles. The fourth-order valence-corrected chi connectivity index (χ4v) is 2.18. The molecule has 0 saturated carbocycles. The van der Waals surface area contributed by atoms with Gasteiger partial charge in [0.05, 0.1) is 0 Å². The highest BCUT2D eigenvalue weighted by molar-refractivity contribution is 6.31. The lowest BCUT2D eigenvalue weighted by Gasteiger charge is -2.19. The smallest absolute Gasteiger partial charge is 0.321 e. The van der Waals surface area contributed by atoms with Crippen molar-refractivity contribution in [2.45, 2.75) is 20.4 Å². The van der Waals surface area contributed by atoms with Gasteiger partial charge in [0.15, 0.2) is 0 Å². The van der Waals surface area contributed by atoms with Gasteiger partial charge in [-0.3, -0.25) is 0 Å². The molecule has 0 unspecified atom stereocenters. The third kappa shape index (κ3) is 3.99. The second kappa shape index (κ2) is 6.64. The van der Waals surface area contributed by atoms with Gasteiger partial charge >= 0.3 is 6.03 Å². The van der Waals surface area contributed by atoms with Gasteiger partial charge in [-0.25, -0.2) is 4.79 Å². The molecule has 0 bridgehead atoms. The van der Waals surface area contributed by atoms with Crippen LogP contribution in [0, 0.1) is 13.8 Å². The molecular weight excluding hydrogens is 284 g/mol. The molecule has 0 aromatic heterocycles. The minimum absolute atomic E-state index is 0.154. The van der Waals surface area contributed by atoms with E-state index in [1.165, 1.54) is 5.56 Å². The number of aryl methyl sites for hydroxylation is 2. The van der Waals surface area contributed by atoms with Crippen LogP contribution in [0.5, 0.6) is 0 Å². The third-order valence-electron chi connectivity index (χ3n) is 3.44. The molecule has 2 amide bonds. The average Bonchev–Trinajstić information content (AvgIpc) is 2.45. The number of urea groups is 1. The molecule has 0 saturated heterocycles. The summed E-state index contributed by atoms with van der Waals surface area (Å²) in [5.74, 6) is 0. The Morgan fingerprint density at radius 1 is 1.14 bits per heavy atom. The van der Waals surface area contributed by atoms with Crippen LogP contribution in [0.15, 0.2) is 42.5 Å². The quantitative estimate of drug-likeness (QED) is 0.881. The monoisotopic (exact) mass is 302 g/mol. The van der Waals surface area contributed by atoms with E-state index < -0.39 is 0 Å². The van der Waals surface area contributed by atoms with Crippen molar-refractivity contribution in [2.75, 3.05) is 12.4 Å². The molecule has 1 N–H and O–H groups in total. The van der Waals surface area contributed by atoms with Crippen molar-refractivity contribution in [2.24, 2.45) is 0 Å². The molecule has 3 nitrogen and oxygen atoms in total. The number of halogens is 1. The number of nitrogens with zero attached hydrogens (tertiary/aromatic N) is 1. The summed E-state index contributed by atoms with van der Waals surface area (Å²) in [5.41, 5.74) is 4.00. The number of amides is 2. The van der Waals surface area contributed by atoms with E-state index >= 15 is 0 Å². The van der Waals surface area contributed by atoms with Crippen molar-refractivity contribution in [1.82, 2.24) is 4.90 Å². The van der Waals surface area contributed by atoms with Gasteiger partial charge in [0.2, 0.25) is 0 Å². The maximum atomic E-state index is 12.2. The Morgan fingerprint density at radius 2 is 1.86 bits per heavy atom. The zero-order valence-corrected chi connectivity index (χ0v) is 13.2. The number of hydrogen-bond donors (Lipinski definition) is 1. The number of anilines is 1. The molecule has 0 fully saturated rings. The lowest BCUT2D eigenvalue weighted by atomic mass is 10.1. The van der Waals surface area contributed by atoms with Crippen molar-refractivity contribution >= 4 is 23.3 Å². The van der Waals surface area contributed by atoms with Gasteiger partial charge in [0.1, 0.15) is 0 Å². The zero-order valence-electron chi connectivity index (χ0n) is 12.5. The fourth-order valence-electron chi connectivity index (χ4n) is 2.00. The zero-order chi connectivity index (χ0) is 15.4. The summed E-state index contributed by atoms with van der Waals surface area (Å²) >= 11 is 6.06. The van der Waals surface area contributed by atoms with Crippen LogP contribution in [0.1, 0.15) is 16.7 Å². The lowest BCUT2D eigenvalue weighted by Crippen LogP contribution is -2.31. The van der Waals surface area contributed by atoms with E-state index in [0.717, 1.165) is 11.1 Å². The van der Waals surface area contributed by atoms with Crippen LogP contribution in [-0.2, 0) is 6.54 Å². The second-order valence-electron chi connectivity index (χ2n) is 5.18. The van der Waals surface area contributed by atoms with E-state index in [1.807, 2.05) is 50.2 Å². The Labute approximate surface area is 130 Å². The first-order valence-electron chi connectivity index (χ1n) is 6.80. The van der Waals surface area contributed by atoms with Gasteiger partial charge in [-0.15, -0.1) is 0 Å². The lowest BCUT2D eigenvalue weighted by molar-refractivity contribution is 0.220. The molecule has 2 aromatic carbocycles. The van der Waals surface area contributed by atoms with Crippen LogP contribution >= 0.6 is 11.6 Å². The Hall–Kier alpha value is -2.00. The molecule has 0 aliphatic rings. The van der Waals surface area contributed by atoms with Crippen molar-refractivity contribution in [1.29, 1.82) is 0 Å². The van der Waals surface area contributed by atoms with Gasteiger partial charge in [-0.2, -0.15) is 0 Å². The van der Waals surface area contributed by atoms with E-state index in [0.29, 0.717) is 17.3 Å². The summed E-state index contributed by atoms with van der Waals surface area (Å²) in [5, 5.41) is 3.50. The molecule has 2 rings (SSSR count). The van der Waals surface area contributed by atoms with Gasteiger partial charge < -0.3 is 10.2 Å². The normalized spacial score (nSPS) is 10.3. The molecule has 0 aliphatic heterocycles. The van der Waals surface area contributed by atoms with Crippen molar-refractivity contribution in [3.05, 3.63) is 64.2 Å². The van der Waals surface area contributed by atoms with Crippen molar-refractivity contribution in [3.63, 3.8) is 0 Å². The van der Waals surface area contributed by atoms with Gasteiger partial charge in [0, 0.05) is 24.3 Å². The molecule has 4 heteroatoms. The SMILES string of the molecule is Cc1ccc(NC(=O)N(C)Cc2ccccc2C)cc1Cl. The van der Waals surface area contributed by atoms with Gasteiger partial charge in [0.25, 0.3) is 0 Å². The van der Waals surface area contributed by atoms with Gasteiger partial charge in [-0.05, 0) is 42.7 Å². The van der Waals surface area contributed by atoms with E-state index in [1.54, 1.807) is 18.0 Å². The Bertz CT molecular complexity index is 655. The maximum Gasteiger partial charge on any atom is 0.321 e. The fraction of sp³-hybridized carbons (Fsp3) is 0.235.